The van der Waals surface area contributed by atoms with Gasteiger partial charge in [-0.3, -0.25) is 4.98 Å². The van der Waals surface area contributed by atoms with Gasteiger partial charge in [-0.25, -0.2) is 9.18 Å². The molecule has 172 valence electrons. The predicted octanol–water partition coefficient (Wildman–Crippen LogP) is 5.60. The lowest BCUT2D eigenvalue weighted by Gasteiger charge is -2.16. The molecule has 0 N–H and O–H groups in total. The molecular formula is C20H17Cl3FNO6S. The number of pyridine rings is 1. The minimum atomic E-state index is -3.72. The van der Waals surface area contributed by atoms with Crippen molar-refractivity contribution < 1.29 is 31.8 Å². The number of carbonyl (C=O) groups excluding carboxylic acids is 1. The highest BCUT2D eigenvalue weighted by atomic mass is 36.0. The Morgan fingerprint density at radius 3 is 2.31 bits per heavy atom. The highest BCUT2D eigenvalue weighted by molar-refractivity contribution is 8.31. The van der Waals surface area contributed by atoms with E-state index < -0.39 is 20.1 Å². The van der Waals surface area contributed by atoms with Crippen LogP contribution in [0.3, 0.4) is 0 Å². The summed E-state index contributed by atoms with van der Waals surface area (Å²) in [6, 6.07) is 7.98. The summed E-state index contributed by atoms with van der Waals surface area (Å²) in [6.07, 6.45) is 1.55. The van der Waals surface area contributed by atoms with Crippen molar-refractivity contribution in [3.05, 3.63) is 52.9 Å². The van der Waals surface area contributed by atoms with Crippen LogP contribution in [0.25, 0.3) is 22.0 Å². The van der Waals surface area contributed by atoms with Gasteiger partial charge in [-0.15, -0.1) is 0 Å². The molecule has 0 aliphatic rings. The quantitative estimate of drug-likeness (QED) is 0.317. The maximum Gasteiger partial charge on any atom is 0.340 e. The van der Waals surface area contributed by atoms with E-state index in [2.05, 4.69) is 26.3 Å². The predicted molar refractivity (Wildman–Crippen MR) is 122 cm³/mol. The summed E-state index contributed by atoms with van der Waals surface area (Å²) in [5, 5.41) is 0.656. The van der Waals surface area contributed by atoms with Crippen LogP contribution in [0.1, 0.15) is 17.3 Å². The third-order valence-electron chi connectivity index (χ3n) is 4.11. The van der Waals surface area contributed by atoms with Crippen molar-refractivity contribution in [2.24, 2.45) is 0 Å². The van der Waals surface area contributed by atoms with E-state index in [1.807, 2.05) is 0 Å². The maximum atomic E-state index is 15.1. The van der Waals surface area contributed by atoms with Gasteiger partial charge in [-0.05, 0) is 24.6 Å². The van der Waals surface area contributed by atoms with Crippen molar-refractivity contribution in [1.82, 2.24) is 4.98 Å². The van der Waals surface area contributed by atoms with Gasteiger partial charge in [0, 0.05) is 44.6 Å². The van der Waals surface area contributed by atoms with Gasteiger partial charge in [0.1, 0.15) is 5.75 Å². The molecule has 0 aliphatic carbocycles. The van der Waals surface area contributed by atoms with Crippen LogP contribution in [0.5, 0.6) is 11.5 Å². The Bertz CT molecular complexity index is 1220. The van der Waals surface area contributed by atoms with Crippen molar-refractivity contribution in [3.63, 3.8) is 0 Å². The Kier molecular flexibility index (Phi) is 8.91. The fourth-order valence-corrected chi connectivity index (χ4v) is 3.20. The van der Waals surface area contributed by atoms with Crippen molar-refractivity contribution in [3.8, 4) is 22.6 Å². The molecular weight excluding hydrogens is 508 g/mol. The number of carbonyl (C=O) groups is 1. The largest absolute Gasteiger partial charge is 0.495 e. The lowest BCUT2D eigenvalue weighted by molar-refractivity contribution is 0.0528. The van der Waals surface area contributed by atoms with Crippen molar-refractivity contribution in [2.75, 3.05) is 20.8 Å². The number of nitrogens with zero attached hydrogens (tertiary/aromatic N) is 1. The lowest BCUT2D eigenvalue weighted by Crippen LogP contribution is -2.06. The van der Waals surface area contributed by atoms with Gasteiger partial charge in [0.05, 0.1) is 36.9 Å². The molecule has 0 saturated carbocycles. The summed E-state index contributed by atoms with van der Waals surface area (Å²) in [5.74, 6) is -0.853. The van der Waals surface area contributed by atoms with Crippen LogP contribution in [-0.4, -0.2) is 40.2 Å². The summed E-state index contributed by atoms with van der Waals surface area (Å²) in [4.78, 5) is 16.5. The van der Waals surface area contributed by atoms with E-state index in [4.69, 9.17) is 34.2 Å². The first-order valence-corrected chi connectivity index (χ1v) is 12.3. The van der Waals surface area contributed by atoms with Gasteiger partial charge >= 0.3 is 14.2 Å². The Morgan fingerprint density at radius 1 is 1.12 bits per heavy atom. The number of fused-ring (bicyclic) bond motifs is 1. The van der Waals surface area contributed by atoms with Gasteiger partial charge < -0.3 is 14.2 Å². The van der Waals surface area contributed by atoms with E-state index in [-0.39, 0.29) is 28.7 Å². The number of methoxy groups -OCH3 is 2. The second kappa shape index (κ2) is 11.0. The molecule has 0 amide bonds. The van der Waals surface area contributed by atoms with Gasteiger partial charge in [-0.2, -0.15) is 8.42 Å². The second-order valence-corrected chi connectivity index (χ2v) is 9.99. The van der Waals surface area contributed by atoms with Crippen LogP contribution in [0.15, 0.2) is 36.5 Å². The molecule has 3 rings (SSSR count). The van der Waals surface area contributed by atoms with E-state index in [1.54, 1.807) is 37.4 Å². The number of halogens is 4. The SMILES string of the molecule is CCOC(=O)c1ccc(-c2c(F)c(OC)cc(OC)c2Cl)c2cccnc12.O=S(=O)(Cl)Cl. The zero-order chi connectivity index (χ0) is 24.1. The molecule has 3 aromatic rings. The topological polar surface area (TPSA) is 91.8 Å². The van der Waals surface area contributed by atoms with Crippen LogP contribution in [0.2, 0.25) is 5.02 Å². The van der Waals surface area contributed by atoms with Crippen LogP contribution in [-0.2, 0) is 13.0 Å². The Labute approximate surface area is 197 Å². The smallest absolute Gasteiger partial charge is 0.340 e. The van der Waals surface area contributed by atoms with Gasteiger partial charge in [-0.1, -0.05) is 23.7 Å². The van der Waals surface area contributed by atoms with E-state index in [0.717, 1.165) is 0 Å². The molecule has 0 radical (unpaired) electrons. The highest BCUT2D eigenvalue weighted by Gasteiger charge is 2.23. The fourth-order valence-electron chi connectivity index (χ4n) is 2.89. The zero-order valence-electron chi connectivity index (χ0n) is 17.0. The zero-order valence-corrected chi connectivity index (χ0v) is 20.1. The van der Waals surface area contributed by atoms with Gasteiger partial charge in [0.2, 0.25) is 0 Å². The molecule has 0 unspecified atom stereocenters. The third kappa shape index (κ3) is 6.13. The van der Waals surface area contributed by atoms with Crippen LogP contribution < -0.4 is 9.47 Å². The Hall–Kier alpha value is -2.33. The first-order chi connectivity index (χ1) is 15.0. The van der Waals surface area contributed by atoms with Crippen LogP contribution in [0.4, 0.5) is 4.39 Å². The van der Waals surface area contributed by atoms with Crippen LogP contribution >= 0.6 is 33.0 Å². The summed E-state index contributed by atoms with van der Waals surface area (Å²) in [6.45, 7) is 1.96. The standard InChI is InChI=1S/C20H17ClFNO4.Cl2O2S/c1-4-27-20(24)13-8-7-11(12-6-5-9-23-19(12)13)16-17(21)14(25-2)10-15(26-3)18(16)22;1-5(2,3)4/h5-10H,4H2,1-3H3;. The summed E-state index contributed by atoms with van der Waals surface area (Å²) in [5.41, 5.74) is 1.26. The molecule has 2 aromatic carbocycles. The molecule has 32 heavy (non-hydrogen) atoms. The Morgan fingerprint density at radius 2 is 1.75 bits per heavy atom. The summed E-state index contributed by atoms with van der Waals surface area (Å²) < 4.78 is 48.8. The minimum Gasteiger partial charge on any atom is -0.495 e. The normalized spacial score (nSPS) is 10.8. The van der Waals surface area contributed by atoms with Crippen molar-refractivity contribution in [1.29, 1.82) is 0 Å². The number of hydrogen-bond donors (Lipinski definition) is 0. The van der Waals surface area contributed by atoms with Crippen molar-refractivity contribution >= 4 is 58.1 Å². The monoisotopic (exact) mass is 523 g/mol. The summed E-state index contributed by atoms with van der Waals surface area (Å²) in [7, 11) is 7.61. The van der Waals surface area contributed by atoms with Gasteiger partial charge in [0.25, 0.3) is 0 Å². The molecule has 0 fully saturated rings. The molecule has 12 heteroatoms. The molecule has 0 atom stereocenters. The van der Waals surface area contributed by atoms with Gasteiger partial charge in [0.15, 0.2) is 11.6 Å². The molecule has 0 spiro atoms. The number of hydrogen-bond acceptors (Lipinski definition) is 7. The molecule has 7 nitrogen and oxygen atoms in total. The van der Waals surface area contributed by atoms with E-state index in [0.29, 0.717) is 22.0 Å². The number of benzene rings is 2. The van der Waals surface area contributed by atoms with E-state index in [9.17, 15) is 4.79 Å². The van der Waals surface area contributed by atoms with E-state index in [1.165, 1.54) is 20.3 Å². The average Bonchev–Trinajstić information content (AvgIpc) is 2.73. The molecule has 0 saturated heterocycles. The first kappa shape index (κ1) is 25.9. The lowest BCUT2D eigenvalue weighted by atomic mass is 9.96. The highest BCUT2D eigenvalue weighted by Crippen LogP contribution is 2.44. The van der Waals surface area contributed by atoms with Crippen molar-refractivity contribution in [2.45, 2.75) is 6.92 Å². The molecule has 1 heterocycles. The molecule has 0 bridgehead atoms. The third-order valence-corrected chi connectivity index (χ3v) is 4.48. The number of ether oxygens (including phenoxy) is 3. The maximum absolute atomic E-state index is 15.1. The first-order valence-electron chi connectivity index (χ1n) is 8.82. The summed E-state index contributed by atoms with van der Waals surface area (Å²) >= 11 is 6.40. The second-order valence-electron chi connectivity index (χ2n) is 5.94. The number of esters is 1. The number of aromatic nitrogens is 1. The Balaban J connectivity index is 0.000000654. The van der Waals surface area contributed by atoms with E-state index >= 15 is 4.39 Å². The minimum absolute atomic E-state index is 0.00207. The average molecular weight is 525 g/mol. The van der Waals surface area contributed by atoms with Crippen LogP contribution in [0, 0.1) is 5.82 Å². The molecule has 1 aromatic heterocycles. The molecule has 0 aliphatic heterocycles. The number of rotatable bonds is 5. The fraction of sp³-hybridized carbons (Fsp3) is 0.200.